The first-order chi connectivity index (χ1) is 7.77. The summed E-state index contributed by atoms with van der Waals surface area (Å²) >= 11 is 0. The van der Waals surface area contributed by atoms with Gasteiger partial charge in [0.25, 0.3) is 0 Å². The zero-order chi connectivity index (χ0) is 11.8. The lowest BCUT2D eigenvalue weighted by Crippen LogP contribution is -2.30. The van der Waals surface area contributed by atoms with E-state index in [1.54, 1.807) is 0 Å². The number of rotatable bonds is 7. The van der Waals surface area contributed by atoms with Crippen LogP contribution in [0.25, 0.3) is 0 Å². The second kappa shape index (κ2) is 7.42. The molecular weight excluding hydrogens is 198 g/mol. The van der Waals surface area contributed by atoms with Crippen LogP contribution >= 0.6 is 0 Å². The van der Waals surface area contributed by atoms with E-state index in [1.165, 1.54) is 5.56 Å². The summed E-state index contributed by atoms with van der Waals surface area (Å²) in [5.74, 6) is 0. The van der Waals surface area contributed by atoms with Crippen molar-refractivity contribution in [1.82, 2.24) is 5.32 Å². The largest absolute Gasteiger partial charge is 0.392 e. The van der Waals surface area contributed by atoms with Crippen molar-refractivity contribution in [2.75, 3.05) is 6.54 Å². The highest BCUT2D eigenvalue weighted by Gasteiger charge is 2.10. The molecule has 1 aromatic rings. The monoisotopic (exact) mass is 221 g/mol. The minimum absolute atomic E-state index is 0.220. The quantitative estimate of drug-likeness (QED) is 0.742. The molecule has 0 bridgehead atoms. The highest BCUT2D eigenvalue weighted by molar-refractivity contribution is 5.18. The topological polar surface area (TPSA) is 32.3 Å². The molecule has 0 amide bonds. The smallest absolute Gasteiger partial charge is 0.0664 e. The van der Waals surface area contributed by atoms with Crippen molar-refractivity contribution in [2.45, 2.75) is 45.3 Å². The Bertz CT molecular complexity index is 273. The molecule has 16 heavy (non-hydrogen) atoms. The Morgan fingerprint density at radius 3 is 2.44 bits per heavy atom. The van der Waals surface area contributed by atoms with Gasteiger partial charge >= 0.3 is 0 Å². The third kappa shape index (κ3) is 4.33. The maximum Gasteiger partial charge on any atom is 0.0664 e. The maximum absolute atomic E-state index is 9.68. The number of aliphatic hydroxyl groups excluding tert-OH is 1. The molecule has 2 atom stereocenters. The minimum Gasteiger partial charge on any atom is -0.392 e. The van der Waals surface area contributed by atoms with Crippen LogP contribution in [0, 0.1) is 0 Å². The lowest BCUT2D eigenvalue weighted by molar-refractivity contribution is 0.156. The van der Waals surface area contributed by atoms with Gasteiger partial charge in [0, 0.05) is 12.6 Å². The van der Waals surface area contributed by atoms with Crippen molar-refractivity contribution in [3.63, 3.8) is 0 Å². The third-order valence-electron chi connectivity index (χ3n) is 2.83. The minimum atomic E-state index is -0.220. The molecule has 2 N–H and O–H groups in total. The van der Waals surface area contributed by atoms with E-state index in [0.29, 0.717) is 12.6 Å². The molecule has 90 valence electrons. The Hall–Kier alpha value is -0.860. The van der Waals surface area contributed by atoms with Crippen molar-refractivity contribution >= 4 is 0 Å². The van der Waals surface area contributed by atoms with E-state index in [-0.39, 0.29) is 6.10 Å². The standard InChI is InChI=1S/C14H23NO/c1-3-8-13(16)11-15-14(4-2)12-9-6-5-7-10-12/h5-7,9-10,13-16H,3-4,8,11H2,1-2H3. The van der Waals surface area contributed by atoms with Gasteiger partial charge in [-0.3, -0.25) is 0 Å². The fourth-order valence-corrected chi connectivity index (χ4v) is 1.90. The molecule has 0 fully saturated rings. The summed E-state index contributed by atoms with van der Waals surface area (Å²) in [7, 11) is 0. The van der Waals surface area contributed by atoms with Crippen LogP contribution < -0.4 is 5.32 Å². The van der Waals surface area contributed by atoms with Gasteiger partial charge in [-0.05, 0) is 18.4 Å². The van der Waals surface area contributed by atoms with E-state index >= 15 is 0 Å². The molecule has 2 unspecified atom stereocenters. The lowest BCUT2D eigenvalue weighted by atomic mass is 10.0. The number of benzene rings is 1. The summed E-state index contributed by atoms with van der Waals surface area (Å²) in [6.07, 6.45) is 2.73. The van der Waals surface area contributed by atoms with Gasteiger partial charge in [-0.15, -0.1) is 0 Å². The molecule has 0 aliphatic heterocycles. The normalized spacial score (nSPS) is 14.7. The first-order valence-corrected chi connectivity index (χ1v) is 6.24. The zero-order valence-electron chi connectivity index (χ0n) is 10.3. The molecule has 0 aromatic heterocycles. The van der Waals surface area contributed by atoms with Gasteiger partial charge in [-0.1, -0.05) is 50.6 Å². The summed E-state index contributed by atoms with van der Waals surface area (Å²) in [6.45, 7) is 4.94. The molecule has 0 saturated heterocycles. The molecule has 0 aliphatic rings. The van der Waals surface area contributed by atoms with Crippen LogP contribution in [-0.2, 0) is 0 Å². The van der Waals surface area contributed by atoms with Crippen LogP contribution in [0.3, 0.4) is 0 Å². The second-order valence-corrected chi connectivity index (χ2v) is 4.22. The number of hydrogen-bond acceptors (Lipinski definition) is 2. The van der Waals surface area contributed by atoms with Crippen molar-refractivity contribution < 1.29 is 5.11 Å². The molecule has 0 aliphatic carbocycles. The van der Waals surface area contributed by atoms with Crippen LogP contribution in [0.2, 0.25) is 0 Å². The number of aliphatic hydroxyl groups is 1. The first kappa shape index (κ1) is 13.2. The molecule has 2 heteroatoms. The molecule has 1 aromatic carbocycles. The number of hydrogen-bond donors (Lipinski definition) is 2. The average molecular weight is 221 g/mol. The fraction of sp³-hybridized carbons (Fsp3) is 0.571. The first-order valence-electron chi connectivity index (χ1n) is 6.24. The van der Waals surface area contributed by atoms with Crippen molar-refractivity contribution in [3.8, 4) is 0 Å². The third-order valence-corrected chi connectivity index (χ3v) is 2.83. The highest BCUT2D eigenvalue weighted by atomic mass is 16.3. The average Bonchev–Trinajstić information content (AvgIpc) is 2.31. The van der Waals surface area contributed by atoms with E-state index in [2.05, 4.69) is 43.4 Å². The zero-order valence-corrected chi connectivity index (χ0v) is 10.3. The Kier molecular flexibility index (Phi) is 6.12. The van der Waals surface area contributed by atoms with E-state index in [9.17, 15) is 5.11 Å². The van der Waals surface area contributed by atoms with Gasteiger partial charge in [-0.2, -0.15) is 0 Å². The van der Waals surface area contributed by atoms with E-state index in [0.717, 1.165) is 19.3 Å². The number of nitrogens with one attached hydrogen (secondary N) is 1. The molecule has 2 nitrogen and oxygen atoms in total. The van der Waals surface area contributed by atoms with E-state index in [4.69, 9.17) is 0 Å². The summed E-state index contributed by atoms with van der Waals surface area (Å²) in [6, 6.07) is 10.8. The Labute approximate surface area is 98.7 Å². The van der Waals surface area contributed by atoms with E-state index < -0.39 is 0 Å². The lowest BCUT2D eigenvalue weighted by Gasteiger charge is -2.19. The SMILES string of the molecule is CCCC(O)CNC(CC)c1ccccc1. The van der Waals surface area contributed by atoms with Gasteiger partial charge in [0.15, 0.2) is 0 Å². The summed E-state index contributed by atoms with van der Waals surface area (Å²) in [4.78, 5) is 0. The van der Waals surface area contributed by atoms with E-state index in [1.807, 2.05) is 6.07 Å². The Balaban J connectivity index is 2.44. The van der Waals surface area contributed by atoms with Crippen molar-refractivity contribution in [1.29, 1.82) is 0 Å². The summed E-state index contributed by atoms with van der Waals surface area (Å²) in [5.41, 5.74) is 1.30. The predicted molar refractivity (Wildman–Crippen MR) is 68.4 cm³/mol. The fourth-order valence-electron chi connectivity index (χ4n) is 1.90. The molecule has 0 radical (unpaired) electrons. The van der Waals surface area contributed by atoms with Gasteiger partial charge in [0.05, 0.1) is 6.10 Å². The summed E-state index contributed by atoms with van der Waals surface area (Å²) < 4.78 is 0. The second-order valence-electron chi connectivity index (χ2n) is 4.22. The maximum atomic E-state index is 9.68. The van der Waals surface area contributed by atoms with Crippen LogP contribution in [0.4, 0.5) is 0 Å². The van der Waals surface area contributed by atoms with Crippen LogP contribution in [0.5, 0.6) is 0 Å². The molecule has 0 heterocycles. The Morgan fingerprint density at radius 2 is 1.88 bits per heavy atom. The highest BCUT2D eigenvalue weighted by Crippen LogP contribution is 2.15. The van der Waals surface area contributed by atoms with Gasteiger partial charge in [-0.25, -0.2) is 0 Å². The molecule has 0 saturated carbocycles. The molecular formula is C14H23NO. The Morgan fingerprint density at radius 1 is 1.19 bits per heavy atom. The molecule has 1 rings (SSSR count). The van der Waals surface area contributed by atoms with Gasteiger partial charge < -0.3 is 10.4 Å². The van der Waals surface area contributed by atoms with Crippen LogP contribution in [-0.4, -0.2) is 17.8 Å². The van der Waals surface area contributed by atoms with Crippen LogP contribution in [0.15, 0.2) is 30.3 Å². The van der Waals surface area contributed by atoms with Gasteiger partial charge in [0.2, 0.25) is 0 Å². The molecule has 0 spiro atoms. The van der Waals surface area contributed by atoms with Gasteiger partial charge in [0.1, 0.15) is 0 Å². The predicted octanol–water partition coefficient (Wildman–Crippen LogP) is 2.89. The van der Waals surface area contributed by atoms with Crippen LogP contribution in [0.1, 0.15) is 44.7 Å². The summed E-state index contributed by atoms with van der Waals surface area (Å²) in [5, 5.41) is 13.1. The van der Waals surface area contributed by atoms with Crippen molar-refractivity contribution in [3.05, 3.63) is 35.9 Å². The van der Waals surface area contributed by atoms with Crippen molar-refractivity contribution in [2.24, 2.45) is 0 Å².